The van der Waals surface area contributed by atoms with Gasteiger partial charge in [0.25, 0.3) is 0 Å². The molecule has 1 atom stereocenters. The molecule has 1 heterocycles. The predicted molar refractivity (Wildman–Crippen MR) is 68.9 cm³/mol. The fraction of sp³-hybridized carbons (Fsp3) is 0.154. The minimum atomic E-state index is -1.09. The lowest BCUT2D eigenvalue weighted by Gasteiger charge is -2.12. The van der Waals surface area contributed by atoms with Crippen LogP contribution in [0.5, 0.6) is 5.75 Å². The van der Waals surface area contributed by atoms with Crippen LogP contribution < -0.4 is 4.74 Å². The maximum Gasteiger partial charge on any atom is 0.371 e. The number of rotatable bonds is 4. The Morgan fingerprint density at radius 2 is 2.17 bits per heavy atom. The van der Waals surface area contributed by atoms with Gasteiger partial charge in [-0.05, 0) is 37.3 Å². The van der Waals surface area contributed by atoms with Gasteiger partial charge in [0.15, 0.2) is 6.10 Å². The highest BCUT2D eigenvalue weighted by molar-refractivity contribution is 9.10. The second kappa shape index (κ2) is 5.27. The van der Waals surface area contributed by atoms with E-state index >= 15 is 0 Å². The number of carbonyl (C=O) groups is 1. The highest BCUT2D eigenvalue weighted by atomic mass is 79.9. The Morgan fingerprint density at radius 1 is 1.39 bits per heavy atom. The summed E-state index contributed by atoms with van der Waals surface area (Å²) in [4.78, 5) is 10.7. The maximum absolute atomic E-state index is 10.7. The molecule has 0 fully saturated rings. The topological polar surface area (TPSA) is 59.7 Å². The van der Waals surface area contributed by atoms with Crippen molar-refractivity contribution in [2.75, 3.05) is 0 Å². The molecule has 1 aromatic carbocycles. The molecule has 2 rings (SSSR count). The van der Waals surface area contributed by atoms with Crippen LogP contribution in [-0.2, 0) is 0 Å². The Morgan fingerprint density at radius 3 is 2.78 bits per heavy atom. The number of halogens is 1. The minimum Gasteiger partial charge on any atom is -0.483 e. The number of hydrogen-bond donors (Lipinski definition) is 1. The second-order valence-corrected chi connectivity index (χ2v) is 4.64. The largest absolute Gasteiger partial charge is 0.483 e. The molecular weight excluding hydrogens is 300 g/mol. The lowest BCUT2D eigenvalue weighted by molar-refractivity contribution is 0.0655. The Labute approximate surface area is 112 Å². The van der Waals surface area contributed by atoms with E-state index in [4.69, 9.17) is 14.3 Å². The van der Waals surface area contributed by atoms with Crippen molar-refractivity contribution in [2.24, 2.45) is 0 Å². The first kappa shape index (κ1) is 12.7. The molecule has 94 valence electrons. The molecule has 1 aromatic heterocycles. The summed E-state index contributed by atoms with van der Waals surface area (Å²) in [6, 6.07) is 10.4. The van der Waals surface area contributed by atoms with Crippen LogP contribution >= 0.6 is 15.9 Å². The van der Waals surface area contributed by atoms with Crippen molar-refractivity contribution < 1.29 is 19.1 Å². The zero-order chi connectivity index (χ0) is 13.1. The first-order valence-corrected chi connectivity index (χ1v) is 6.11. The second-order valence-electron chi connectivity index (χ2n) is 3.72. The molecule has 0 aliphatic rings. The number of ether oxygens (including phenoxy) is 1. The van der Waals surface area contributed by atoms with E-state index in [0.717, 1.165) is 4.47 Å². The highest BCUT2D eigenvalue weighted by Crippen LogP contribution is 2.25. The highest BCUT2D eigenvalue weighted by Gasteiger charge is 2.15. The van der Waals surface area contributed by atoms with Crippen LogP contribution in [0.4, 0.5) is 0 Å². The van der Waals surface area contributed by atoms with Crippen LogP contribution in [-0.4, -0.2) is 11.1 Å². The molecule has 1 N–H and O–H groups in total. The number of carboxylic acid groups (broad SMARTS) is 1. The van der Waals surface area contributed by atoms with Crippen LogP contribution in [0.25, 0.3) is 0 Å². The lowest BCUT2D eigenvalue weighted by atomic mass is 10.3. The van der Waals surface area contributed by atoms with Crippen LogP contribution in [0.1, 0.15) is 29.3 Å². The third-order valence-electron chi connectivity index (χ3n) is 2.35. The average Bonchev–Trinajstić information content (AvgIpc) is 2.78. The fourth-order valence-electron chi connectivity index (χ4n) is 1.49. The van der Waals surface area contributed by atoms with E-state index in [1.165, 1.54) is 6.07 Å². The molecule has 0 amide bonds. The zero-order valence-electron chi connectivity index (χ0n) is 9.59. The van der Waals surface area contributed by atoms with Crippen molar-refractivity contribution >= 4 is 21.9 Å². The predicted octanol–water partition coefficient (Wildman–Crippen LogP) is 3.88. The van der Waals surface area contributed by atoms with Gasteiger partial charge in [0.1, 0.15) is 11.5 Å². The molecule has 4 nitrogen and oxygen atoms in total. The first-order valence-electron chi connectivity index (χ1n) is 5.31. The fourth-order valence-corrected chi connectivity index (χ4v) is 1.87. The van der Waals surface area contributed by atoms with E-state index in [2.05, 4.69) is 15.9 Å². The van der Waals surface area contributed by atoms with E-state index in [1.807, 2.05) is 24.3 Å². The van der Waals surface area contributed by atoms with E-state index in [0.29, 0.717) is 11.5 Å². The Hall–Kier alpha value is -1.75. The molecule has 5 heteroatoms. The molecule has 2 aromatic rings. The van der Waals surface area contributed by atoms with E-state index < -0.39 is 5.97 Å². The van der Waals surface area contributed by atoms with Crippen LogP contribution in [0.2, 0.25) is 0 Å². The van der Waals surface area contributed by atoms with Crippen molar-refractivity contribution in [3.8, 4) is 5.75 Å². The van der Waals surface area contributed by atoms with Crippen LogP contribution in [0.3, 0.4) is 0 Å². The van der Waals surface area contributed by atoms with Gasteiger partial charge in [-0.25, -0.2) is 4.79 Å². The quantitative estimate of drug-likeness (QED) is 0.931. The van der Waals surface area contributed by atoms with Crippen LogP contribution in [0.15, 0.2) is 45.3 Å². The summed E-state index contributed by atoms with van der Waals surface area (Å²) in [6.07, 6.45) is -0.354. The molecule has 0 bridgehead atoms. The molecule has 0 saturated carbocycles. The molecular formula is C13H11BrO4. The number of aromatic carboxylic acids is 1. The first-order chi connectivity index (χ1) is 8.56. The minimum absolute atomic E-state index is 0.0882. The van der Waals surface area contributed by atoms with Gasteiger partial charge in [0.2, 0.25) is 5.76 Å². The smallest absolute Gasteiger partial charge is 0.371 e. The van der Waals surface area contributed by atoms with Crippen molar-refractivity contribution in [1.82, 2.24) is 0 Å². The van der Waals surface area contributed by atoms with Crippen molar-refractivity contribution in [2.45, 2.75) is 13.0 Å². The summed E-state index contributed by atoms with van der Waals surface area (Å²) in [6.45, 7) is 1.80. The normalized spacial score (nSPS) is 12.1. The Kier molecular flexibility index (Phi) is 3.72. The summed E-state index contributed by atoms with van der Waals surface area (Å²) in [5, 5.41) is 8.77. The van der Waals surface area contributed by atoms with Gasteiger partial charge in [-0.3, -0.25) is 0 Å². The zero-order valence-corrected chi connectivity index (χ0v) is 11.2. The standard InChI is InChI=1S/C13H11BrO4/c1-8(11-5-6-12(18-11)13(15)16)17-10-4-2-3-9(14)7-10/h2-8H,1H3,(H,15,16). The molecule has 0 aliphatic heterocycles. The van der Waals surface area contributed by atoms with E-state index in [1.54, 1.807) is 13.0 Å². The number of carboxylic acids is 1. The van der Waals surface area contributed by atoms with Gasteiger partial charge in [-0.15, -0.1) is 0 Å². The van der Waals surface area contributed by atoms with Crippen molar-refractivity contribution in [1.29, 1.82) is 0 Å². The van der Waals surface area contributed by atoms with E-state index in [9.17, 15) is 4.79 Å². The van der Waals surface area contributed by atoms with E-state index in [-0.39, 0.29) is 11.9 Å². The average molecular weight is 311 g/mol. The number of furan rings is 1. The molecule has 0 radical (unpaired) electrons. The summed E-state index contributed by atoms with van der Waals surface area (Å²) in [7, 11) is 0. The van der Waals surface area contributed by atoms with Gasteiger partial charge < -0.3 is 14.3 Å². The molecule has 0 spiro atoms. The summed E-state index contributed by atoms with van der Waals surface area (Å²) in [5.74, 6) is -0.0110. The number of benzene rings is 1. The third kappa shape index (κ3) is 2.92. The van der Waals surface area contributed by atoms with Gasteiger partial charge in [0, 0.05) is 4.47 Å². The maximum atomic E-state index is 10.7. The molecule has 0 saturated heterocycles. The third-order valence-corrected chi connectivity index (χ3v) is 2.84. The van der Waals surface area contributed by atoms with Crippen LogP contribution in [0, 0.1) is 0 Å². The number of hydrogen-bond acceptors (Lipinski definition) is 3. The van der Waals surface area contributed by atoms with Gasteiger partial charge >= 0.3 is 5.97 Å². The van der Waals surface area contributed by atoms with Crippen molar-refractivity contribution in [3.63, 3.8) is 0 Å². The summed E-state index contributed by atoms with van der Waals surface area (Å²) < 4.78 is 11.7. The SMILES string of the molecule is CC(Oc1cccc(Br)c1)c1ccc(C(=O)O)o1. The molecule has 1 unspecified atom stereocenters. The van der Waals surface area contributed by atoms with Gasteiger partial charge in [-0.2, -0.15) is 0 Å². The Balaban J connectivity index is 2.11. The lowest BCUT2D eigenvalue weighted by Crippen LogP contribution is -2.02. The summed E-state index contributed by atoms with van der Waals surface area (Å²) >= 11 is 3.35. The molecule has 18 heavy (non-hydrogen) atoms. The van der Waals surface area contributed by atoms with Gasteiger partial charge in [-0.1, -0.05) is 22.0 Å². The monoisotopic (exact) mass is 310 g/mol. The van der Waals surface area contributed by atoms with Crippen molar-refractivity contribution in [3.05, 3.63) is 52.4 Å². The molecule has 0 aliphatic carbocycles. The van der Waals surface area contributed by atoms with Gasteiger partial charge in [0.05, 0.1) is 0 Å². The summed E-state index contributed by atoms with van der Waals surface area (Å²) in [5.41, 5.74) is 0. The Bertz CT molecular complexity index is 562.